The van der Waals surface area contributed by atoms with Gasteiger partial charge in [-0.2, -0.15) is 0 Å². The van der Waals surface area contributed by atoms with Crippen LogP contribution in [0.5, 0.6) is 0 Å². The normalized spacial score (nSPS) is 14.8. The molecule has 1 aromatic heterocycles. The molecule has 4 N–H and O–H groups in total. The Kier molecular flexibility index (Phi) is 4.56. The van der Waals surface area contributed by atoms with Gasteiger partial charge in [0.2, 0.25) is 10.0 Å². The fourth-order valence-electron chi connectivity index (χ4n) is 1.55. The van der Waals surface area contributed by atoms with Crippen LogP contribution in [-0.2, 0) is 21.9 Å². The molecule has 9 heteroatoms. The molecule has 0 aliphatic heterocycles. The first kappa shape index (κ1) is 16.2. The molecule has 0 aliphatic rings. The summed E-state index contributed by atoms with van der Waals surface area (Å²) in [5.41, 5.74) is 5.15. The summed E-state index contributed by atoms with van der Waals surface area (Å²) < 4.78 is 27.7. The number of aliphatic carboxylic acids is 1. The van der Waals surface area contributed by atoms with Crippen LogP contribution in [0.15, 0.2) is 17.2 Å². The van der Waals surface area contributed by atoms with Crippen molar-refractivity contribution in [3.63, 3.8) is 0 Å². The average Bonchev–Trinajstić information content (AvgIpc) is 2.70. The zero-order valence-corrected chi connectivity index (χ0v) is 12.1. The van der Waals surface area contributed by atoms with Crippen LogP contribution in [0.1, 0.15) is 24.3 Å². The number of carbonyl (C=O) groups excluding carboxylic acids is 1. The van der Waals surface area contributed by atoms with Crippen LogP contribution in [0.25, 0.3) is 0 Å². The third-order valence-corrected chi connectivity index (χ3v) is 4.55. The highest BCUT2D eigenvalue weighted by molar-refractivity contribution is 7.89. The largest absolute Gasteiger partial charge is 0.481 e. The molecule has 0 aromatic carbocycles. The van der Waals surface area contributed by atoms with Crippen LogP contribution in [0.2, 0.25) is 0 Å². The Hall–Kier alpha value is -1.87. The van der Waals surface area contributed by atoms with Crippen LogP contribution in [0, 0.1) is 5.92 Å². The van der Waals surface area contributed by atoms with Crippen molar-refractivity contribution in [2.24, 2.45) is 18.7 Å². The van der Waals surface area contributed by atoms with Crippen molar-refractivity contribution < 1.29 is 23.1 Å². The zero-order chi connectivity index (χ0) is 15.7. The van der Waals surface area contributed by atoms with Gasteiger partial charge in [0.25, 0.3) is 5.91 Å². The van der Waals surface area contributed by atoms with Gasteiger partial charge in [0, 0.05) is 19.3 Å². The summed E-state index contributed by atoms with van der Waals surface area (Å²) in [7, 11) is -2.43. The van der Waals surface area contributed by atoms with Crippen LogP contribution < -0.4 is 10.5 Å². The molecule has 1 heterocycles. The summed E-state index contributed by atoms with van der Waals surface area (Å²) in [6.07, 6.45) is 1.24. The van der Waals surface area contributed by atoms with E-state index in [2.05, 4.69) is 4.72 Å². The number of nitrogens with two attached hydrogens (primary N) is 1. The predicted octanol–water partition coefficient (Wildman–Crippen LogP) is -0.488. The van der Waals surface area contributed by atoms with Gasteiger partial charge in [-0.25, -0.2) is 13.1 Å². The average molecular weight is 303 g/mol. The number of carboxylic acids is 1. The SMILES string of the molecule is CC(NS(=O)(=O)c1cc(C(N)=O)n(C)c1)C(C)C(=O)O. The van der Waals surface area contributed by atoms with Crippen molar-refractivity contribution in [1.29, 1.82) is 0 Å². The molecule has 112 valence electrons. The molecule has 0 fully saturated rings. The van der Waals surface area contributed by atoms with E-state index in [1.54, 1.807) is 0 Å². The third-order valence-electron chi connectivity index (χ3n) is 3.02. The van der Waals surface area contributed by atoms with Gasteiger partial charge in [0.05, 0.1) is 5.92 Å². The maximum atomic E-state index is 12.1. The lowest BCUT2D eigenvalue weighted by atomic mass is 10.1. The quantitative estimate of drug-likeness (QED) is 0.652. The van der Waals surface area contributed by atoms with Crippen molar-refractivity contribution in [2.45, 2.75) is 24.8 Å². The molecular weight excluding hydrogens is 286 g/mol. The van der Waals surface area contributed by atoms with Gasteiger partial charge in [-0.05, 0) is 13.0 Å². The molecule has 8 nitrogen and oxygen atoms in total. The highest BCUT2D eigenvalue weighted by atomic mass is 32.2. The van der Waals surface area contributed by atoms with E-state index in [1.165, 1.54) is 31.7 Å². The summed E-state index contributed by atoms with van der Waals surface area (Å²) in [6, 6.07) is 0.345. The number of aromatic nitrogens is 1. The Labute approximate surface area is 116 Å². The Bertz CT molecular complexity index is 634. The minimum atomic E-state index is -3.92. The van der Waals surface area contributed by atoms with Crippen LogP contribution in [-0.4, -0.2) is 36.0 Å². The maximum Gasteiger partial charge on any atom is 0.307 e. The number of nitrogens with zero attached hydrogens (tertiary/aromatic N) is 1. The highest BCUT2D eigenvalue weighted by Gasteiger charge is 2.26. The van der Waals surface area contributed by atoms with E-state index < -0.39 is 33.9 Å². The first-order valence-corrected chi connectivity index (χ1v) is 7.26. The second kappa shape index (κ2) is 5.63. The molecule has 0 spiro atoms. The number of carboxylic acid groups (broad SMARTS) is 1. The summed E-state index contributed by atoms with van der Waals surface area (Å²) in [4.78, 5) is 21.8. The number of hydrogen-bond donors (Lipinski definition) is 3. The minimum Gasteiger partial charge on any atom is -0.481 e. The topological polar surface area (TPSA) is 131 Å². The van der Waals surface area contributed by atoms with E-state index in [1.807, 2.05) is 0 Å². The van der Waals surface area contributed by atoms with Gasteiger partial charge >= 0.3 is 5.97 Å². The first-order valence-electron chi connectivity index (χ1n) is 5.77. The second-order valence-electron chi connectivity index (χ2n) is 4.57. The standard InChI is InChI=1S/C11H17N3O5S/c1-6(11(16)17)7(2)13-20(18,19)8-4-9(10(12)15)14(3)5-8/h4-7,13H,1-3H3,(H2,12,15)(H,16,17). The van der Waals surface area contributed by atoms with E-state index in [4.69, 9.17) is 10.8 Å². The number of carbonyl (C=O) groups is 2. The number of rotatable bonds is 6. The molecule has 1 amide bonds. The predicted molar refractivity (Wildman–Crippen MR) is 70.5 cm³/mol. The lowest BCUT2D eigenvalue weighted by Crippen LogP contribution is -2.39. The highest BCUT2D eigenvalue weighted by Crippen LogP contribution is 2.15. The molecule has 0 saturated heterocycles. The number of primary amides is 1. The number of amides is 1. The van der Waals surface area contributed by atoms with E-state index in [0.29, 0.717) is 0 Å². The summed E-state index contributed by atoms with van der Waals surface area (Å²) >= 11 is 0. The first-order chi connectivity index (χ1) is 9.06. The molecule has 0 radical (unpaired) electrons. The lowest BCUT2D eigenvalue weighted by molar-refractivity contribution is -0.141. The molecule has 20 heavy (non-hydrogen) atoms. The summed E-state index contributed by atoms with van der Waals surface area (Å²) in [5, 5.41) is 8.84. The van der Waals surface area contributed by atoms with Gasteiger partial charge in [-0.1, -0.05) is 6.92 Å². The molecule has 0 aliphatic carbocycles. The van der Waals surface area contributed by atoms with E-state index in [0.717, 1.165) is 6.07 Å². The van der Waals surface area contributed by atoms with Crippen molar-refractivity contribution in [3.05, 3.63) is 18.0 Å². The van der Waals surface area contributed by atoms with Crippen molar-refractivity contribution >= 4 is 21.9 Å². The molecule has 1 rings (SSSR count). The Balaban J connectivity index is 3.03. The molecule has 0 saturated carbocycles. The number of aryl methyl sites for hydroxylation is 1. The number of nitrogens with one attached hydrogen (secondary N) is 1. The smallest absolute Gasteiger partial charge is 0.307 e. The molecule has 2 unspecified atom stereocenters. The van der Waals surface area contributed by atoms with Gasteiger partial charge in [0.1, 0.15) is 10.6 Å². The number of hydrogen-bond acceptors (Lipinski definition) is 4. The summed E-state index contributed by atoms with van der Waals surface area (Å²) in [5.74, 6) is -2.74. The van der Waals surface area contributed by atoms with E-state index >= 15 is 0 Å². The molecule has 1 aromatic rings. The van der Waals surface area contributed by atoms with Crippen molar-refractivity contribution in [1.82, 2.24) is 9.29 Å². The minimum absolute atomic E-state index is 0.0457. The molecular formula is C11H17N3O5S. The Morgan fingerprint density at radius 2 is 1.95 bits per heavy atom. The van der Waals surface area contributed by atoms with Crippen LogP contribution in [0.3, 0.4) is 0 Å². The molecule has 0 bridgehead atoms. The molecule has 2 atom stereocenters. The monoisotopic (exact) mass is 303 g/mol. The van der Waals surface area contributed by atoms with Gasteiger partial charge in [-0.3, -0.25) is 9.59 Å². The van der Waals surface area contributed by atoms with E-state index in [-0.39, 0.29) is 10.6 Å². The van der Waals surface area contributed by atoms with Gasteiger partial charge in [-0.15, -0.1) is 0 Å². The fourth-order valence-corrected chi connectivity index (χ4v) is 2.95. The second-order valence-corrected chi connectivity index (χ2v) is 6.29. The lowest BCUT2D eigenvalue weighted by Gasteiger charge is -2.17. The van der Waals surface area contributed by atoms with Crippen molar-refractivity contribution in [2.75, 3.05) is 0 Å². The van der Waals surface area contributed by atoms with Gasteiger partial charge in [0.15, 0.2) is 0 Å². The fraction of sp³-hybridized carbons (Fsp3) is 0.455. The Morgan fingerprint density at radius 3 is 2.35 bits per heavy atom. The number of sulfonamides is 1. The maximum absolute atomic E-state index is 12.1. The van der Waals surface area contributed by atoms with Gasteiger partial charge < -0.3 is 15.4 Å². The third kappa shape index (κ3) is 3.36. The Morgan fingerprint density at radius 1 is 1.40 bits per heavy atom. The van der Waals surface area contributed by atoms with E-state index in [9.17, 15) is 18.0 Å². The zero-order valence-electron chi connectivity index (χ0n) is 11.3. The van der Waals surface area contributed by atoms with Crippen LogP contribution >= 0.6 is 0 Å². The van der Waals surface area contributed by atoms with Crippen LogP contribution in [0.4, 0.5) is 0 Å². The summed E-state index contributed by atoms with van der Waals surface area (Å²) in [6.45, 7) is 2.85. The van der Waals surface area contributed by atoms with Crippen molar-refractivity contribution in [3.8, 4) is 0 Å².